The number of carbonyl (C=O) groups is 2. The molecule has 1 heterocycles. The van der Waals surface area contributed by atoms with Crippen molar-refractivity contribution >= 4 is 28.4 Å². The van der Waals surface area contributed by atoms with E-state index in [2.05, 4.69) is 10.3 Å². The molecule has 5 nitrogen and oxygen atoms in total. The molecule has 1 saturated carbocycles. The van der Waals surface area contributed by atoms with Crippen LogP contribution in [0.1, 0.15) is 19.8 Å². The lowest BCUT2D eigenvalue weighted by atomic mass is 10.1. The third-order valence-electron chi connectivity index (χ3n) is 3.53. The molecule has 1 aliphatic rings. The van der Waals surface area contributed by atoms with Gasteiger partial charge in [-0.2, -0.15) is 0 Å². The second kappa shape index (κ2) is 5.52. The summed E-state index contributed by atoms with van der Waals surface area (Å²) in [5.74, 6) is -0.292. The normalized spacial score (nSPS) is 14.0. The number of rotatable bonds is 4. The van der Waals surface area contributed by atoms with Crippen LogP contribution in [0.3, 0.4) is 0 Å². The number of anilines is 1. The molecule has 0 radical (unpaired) electrons. The maximum atomic E-state index is 12.0. The summed E-state index contributed by atoms with van der Waals surface area (Å²) >= 11 is 0. The van der Waals surface area contributed by atoms with E-state index in [-0.39, 0.29) is 24.4 Å². The topological polar surface area (TPSA) is 62.3 Å². The zero-order valence-corrected chi connectivity index (χ0v) is 11.9. The molecule has 1 fully saturated rings. The standard InChI is InChI=1S/C16H17N3O2/c1-11(20)19(10-15(21)18-13-7-8-13)14-6-2-4-12-5-3-9-17-16(12)14/h2-6,9,13H,7-8,10H2,1H3,(H,18,21). The summed E-state index contributed by atoms with van der Waals surface area (Å²) in [7, 11) is 0. The fraction of sp³-hybridized carbons (Fsp3) is 0.312. The minimum absolute atomic E-state index is 0.0293. The van der Waals surface area contributed by atoms with Crippen molar-refractivity contribution in [3.63, 3.8) is 0 Å². The van der Waals surface area contributed by atoms with Gasteiger partial charge in [-0.15, -0.1) is 0 Å². The Morgan fingerprint density at radius 2 is 2.05 bits per heavy atom. The van der Waals surface area contributed by atoms with Gasteiger partial charge in [0.15, 0.2) is 0 Å². The Hall–Kier alpha value is -2.43. The van der Waals surface area contributed by atoms with Crippen LogP contribution in [-0.2, 0) is 9.59 Å². The van der Waals surface area contributed by atoms with E-state index in [0.717, 1.165) is 23.7 Å². The van der Waals surface area contributed by atoms with Crippen molar-refractivity contribution in [2.45, 2.75) is 25.8 Å². The highest BCUT2D eigenvalue weighted by atomic mass is 16.2. The van der Waals surface area contributed by atoms with Gasteiger partial charge in [-0.05, 0) is 25.0 Å². The minimum Gasteiger partial charge on any atom is -0.352 e. The molecule has 1 aromatic carbocycles. The number of pyridine rings is 1. The third-order valence-corrected chi connectivity index (χ3v) is 3.53. The molecule has 1 aromatic heterocycles. The first-order chi connectivity index (χ1) is 10.1. The van der Waals surface area contributed by atoms with Crippen LogP contribution in [0, 0.1) is 0 Å². The average molecular weight is 283 g/mol. The zero-order valence-electron chi connectivity index (χ0n) is 11.9. The maximum absolute atomic E-state index is 12.0. The van der Waals surface area contributed by atoms with Gasteiger partial charge in [0.1, 0.15) is 6.54 Å². The van der Waals surface area contributed by atoms with Gasteiger partial charge in [-0.1, -0.05) is 18.2 Å². The van der Waals surface area contributed by atoms with Crippen LogP contribution in [0.2, 0.25) is 0 Å². The molecule has 2 amide bonds. The van der Waals surface area contributed by atoms with Crippen LogP contribution in [0.5, 0.6) is 0 Å². The van der Waals surface area contributed by atoms with Crippen LogP contribution in [0.4, 0.5) is 5.69 Å². The lowest BCUT2D eigenvalue weighted by molar-refractivity contribution is -0.123. The molecule has 2 aromatic rings. The number of hydrogen-bond acceptors (Lipinski definition) is 3. The van der Waals surface area contributed by atoms with E-state index in [9.17, 15) is 9.59 Å². The fourth-order valence-corrected chi connectivity index (χ4v) is 2.32. The molecular weight excluding hydrogens is 266 g/mol. The molecule has 108 valence electrons. The molecule has 21 heavy (non-hydrogen) atoms. The second-order valence-corrected chi connectivity index (χ2v) is 5.30. The SMILES string of the molecule is CC(=O)N(CC(=O)NC1CC1)c1cccc2cccnc12. The van der Waals surface area contributed by atoms with Crippen LogP contribution >= 0.6 is 0 Å². The van der Waals surface area contributed by atoms with Gasteiger partial charge in [0, 0.05) is 24.5 Å². The molecule has 0 aliphatic heterocycles. The van der Waals surface area contributed by atoms with Gasteiger partial charge < -0.3 is 10.2 Å². The summed E-state index contributed by atoms with van der Waals surface area (Å²) in [4.78, 5) is 29.8. The predicted octanol–water partition coefficient (Wildman–Crippen LogP) is 1.87. The molecule has 5 heteroatoms. The number of hydrogen-bond donors (Lipinski definition) is 1. The molecule has 1 aliphatic carbocycles. The number of nitrogens with zero attached hydrogens (tertiary/aromatic N) is 2. The third kappa shape index (κ3) is 3.02. The van der Waals surface area contributed by atoms with Crippen molar-refractivity contribution < 1.29 is 9.59 Å². The number of amides is 2. The highest BCUT2D eigenvalue weighted by molar-refractivity contribution is 6.04. The second-order valence-electron chi connectivity index (χ2n) is 5.30. The van der Waals surface area contributed by atoms with Crippen LogP contribution < -0.4 is 10.2 Å². The van der Waals surface area contributed by atoms with E-state index in [4.69, 9.17) is 0 Å². The number of para-hydroxylation sites is 1. The Morgan fingerprint density at radius 1 is 1.29 bits per heavy atom. The molecule has 1 N–H and O–H groups in total. The van der Waals surface area contributed by atoms with Gasteiger partial charge in [0.2, 0.25) is 11.8 Å². The molecule has 0 unspecified atom stereocenters. The molecular formula is C16H17N3O2. The van der Waals surface area contributed by atoms with Crippen molar-refractivity contribution in [3.8, 4) is 0 Å². The van der Waals surface area contributed by atoms with Crippen molar-refractivity contribution in [3.05, 3.63) is 36.5 Å². The molecule has 3 rings (SSSR count). The van der Waals surface area contributed by atoms with Gasteiger partial charge in [0.25, 0.3) is 0 Å². The number of aromatic nitrogens is 1. The van der Waals surface area contributed by atoms with Crippen molar-refractivity contribution in [1.29, 1.82) is 0 Å². The summed E-state index contributed by atoms with van der Waals surface area (Å²) in [5, 5.41) is 3.85. The summed E-state index contributed by atoms with van der Waals surface area (Å²) < 4.78 is 0. The van der Waals surface area contributed by atoms with Crippen LogP contribution in [0.25, 0.3) is 10.9 Å². The predicted molar refractivity (Wildman–Crippen MR) is 80.9 cm³/mol. The summed E-state index contributed by atoms with van der Waals surface area (Å²) in [6.07, 6.45) is 3.75. The van der Waals surface area contributed by atoms with Gasteiger partial charge in [0.05, 0.1) is 11.2 Å². The first-order valence-corrected chi connectivity index (χ1v) is 7.06. The Morgan fingerprint density at radius 3 is 2.76 bits per heavy atom. The first-order valence-electron chi connectivity index (χ1n) is 7.06. The summed E-state index contributed by atoms with van der Waals surface area (Å²) in [6.45, 7) is 1.49. The quantitative estimate of drug-likeness (QED) is 0.931. The maximum Gasteiger partial charge on any atom is 0.240 e. The number of carbonyl (C=O) groups excluding carboxylic acids is 2. The number of fused-ring (bicyclic) bond motifs is 1. The van der Waals surface area contributed by atoms with E-state index in [1.165, 1.54) is 11.8 Å². The fourth-order valence-electron chi connectivity index (χ4n) is 2.32. The van der Waals surface area contributed by atoms with Crippen molar-refractivity contribution in [2.24, 2.45) is 0 Å². The van der Waals surface area contributed by atoms with E-state index >= 15 is 0 Å². The largest absolute Gasteiger partial charge is 0.352 e. The minimum atomic E-state index is -0.167. The van der Waals surface area contributed by atoms with Crippen LogP contribution in [-0.4, -0.2) is 29.4 Å². The molecule has 0 saturated heterocycles. The zero-order chi connectivity index (χ0) is 14.8. The summed E-state index contributed by atoms with van der Waals surface area (Å²) in [5.41, 5.74) is 1.40. The Balaban J connectivity index is 1.91. The average Bonchev–Trinajstić information content (AvgIpc) is 3.28. The van der Waals surface area contributed by atoms with E-state index in [1.54, 1.807) is 6.20 Å². The lowest BCUT2D eigenvalue weighted by Gasteiger charge is -2.21. The van der Waals surface area contributed by atoms with Crippen molar-refractivity contribution in [1.82, 2.24) is 10.3 Å². The smallest absolute Gasteiger partial charge is 0.240 e. The van der Waals surface area contributed by atoms with Crippen LogP contribution in [0.15, 0.2) is 36.5 Å². The molecule has 0 bridgehead atoms. The number of nitrogens with one attached hydrogen (secondary N) is 1. The molecule has 0 spiro atoms. The highest BCUT2D eigenvalue weighted by Gasteiger charge is 2.25. The monoisotopic (exact) mass is 283 g/mol. The highest BCUT2D eigenvalue weighted by Crippen LogP contribution is 2.25. The van der Waals surface area contributed by atoms with E-state index in [0.29, 0.717) is 5.69 Å². The van der Waals surface area contributed by atoms with Crippen molar-refractivity contribution in [2.75, 3.05) is 11.4 Å². The first kappa shape index (κ1) is 13.5. The van der Waals surface area contributed by atoms with E-state index < -0.39 is 0 Å². The summed E-state index contributed by atoms with van der Waals surface area (Å²) in [6, 6.07) is 9.71. The van der Waals surface area contributed by atoms with Gasteiger partial charge in [-0.3, -0.25) is 14.6 Å². The Kier molecular flexibility index (Phi) is 3.56. The lowest BCUT2D eigenvalue weighted by Crippen LogP contribution is -2.40. The molecule has 0 atom stereocenters. The Bertz CT molecular complexity index is 689. The van der Waals surface area contributed by atoms with Gasteiger partial charge in [-0.25, -0.2) is 0 Å². The van der Waals surface area contributed by atoms with E-state index in [1.807, 2.05) is 30.3 Å². The van der Waals surface area contributed by atoms with Gasteiger partial charge >= 0.3 is 0 Å². The Labute approximate surface area is 123 Å². The number of benzene rings is 1.